The van der Waals surface area contributed by atoms with Gasteiger partial charge in [-0.25, -0.2) is 18.4 Å². The van der Waals surface area contributed by atoms with Crippen LogP contribution in [-0.2, 0) is 9.84 Å². The van der Waals surface area contributed by atoms with E-state index in [0.717, 1.165) is 17.3 Å². The molecule has 1 saturated heterocycles. The Kier molecular flexibility index (Phi) is 3.10. The summed E-state index contributed by atoms with van der Waals surface area (Å²) in [6.07, 6.45) is 2.50. The lowest BCUT2D eigenvalue weighted by Gasteiger charge is -2.09. The molecule has 19 heavy (non-hydrogen) atoms. The largest absolute Gasteiger partial charge is 0.354 e. The van der Waals surface area contributed by atoms with Crippen molar-refractivity contribution in [3.8, 4) is 0 Å². The Morgan fingerprint density at radius 3 is 2.95 bits per heavy atom. The van der Waals surface area contributed by atoms with Gasteiger partial charge in [0, 0.05) is 18.1 Å². The average Bonchev–Trinajstić information content (AvgIpc) is 2.76. The topological polar surface area (TPSA) is 72.0 Å². The Morgan fingerprint density at radius 2 is 2.16 bits per heavy atom. The maximum Gasteiger partial charge on any atom is 0.223 e. The zero-order valence-electron chi connectivity index (χ0n) is 10.4. The minimum absolute atomic E-state index is 0.167. The van der Waals surface area contributed by atoms with Gasteiger partial charge in [-0.1, -0.05) is 18.2 Å². The number of sulfone groups is 1. The summed E-state index contributed by atoms with van der Waals surface area (Å²) in [5.41, 5.74) is 0.888. The average molecular weight is 277 g/mol. The van der Waals surface area contributed by atoms with Crippen LogP contribution in [0, 0.1) is 5.92 Å². The Balaban J connectivity index is 1.69. The van der Waals surface area contributed by atoms with Gasteiger partial charge in [-0.05, 0) is 18.4 Å². The van der Waals surface area contributed by atoms with Crippen LogP contribution in [0.15, 0.2) is 30.5 Å². The summed E-state index contributed by atoms with van der Waals surface area (Å²) in [6.45, 7) is 0.609. The third kappa shape index (κ3) is 2.84. The highest BCUT2D eigenvalue weighted by molar-refractivity contribution is 7.91. The standard InChI is InChI=1S/C13H15N3O2S/c17-19(18)6-5-10(9-19)7-14-13-15-8-11-3-1-2-4-12(11)16-13/h1-4,8,10H,5-7,9H2,(H,14,15,16). The van der Waals surface area contributed by atoms with Crippen molar-refractivity contribution in [3.05, 3.63) is 30.5 Å². The fourth-order valence-electron chi connectivity index (χ4n) is 2.33. The molecule has 0 aliphatic carbocycles. The van der Waals surface area contributed by atoms with Gasteiger partial charge in [0.2, 0.25) is 5.95 Å². The molecule has 0 spiro atoms. The number of rotatable bonds is 3. The molecule has 2 heterocycles. The van der Waals surface area contributed by atoms with Crippen LogP contribution in [0.1, 0.15) is 6.42 Å². The van der Waals surface area contributed by atoms with E-state index < -0.39 is 9.84 Å². The molecule has 3 rings (SSSR count). The Labute approximate surface area is 112 Å². The van der Waals surface area contributed by atoms with Crippen LogP contribution in [0.4, 0.5) is 5.95 Å². The fraction of sp³-hybridized carbons (Fsp3) is 0.385. The number of nitrogens with one attached hydrogen (secondary N) is 1. The van der Waals surface area contributed by atoms with Crippen molar-refractivity contribution in [1.82, 2.24) is 9.97 Å². The number of nitrogens with zero attached hydrogens (tertiary/aromatic N) is 2. The zero-order chi connectivity index (χ0) is 13.3. The van der Waals surface area contributed by atoms with Crippen molar-refractivity contribution in [3.63, 3.8) is 0 Å². The van der Waals surface area contributed by atoms with Crippen LogP contribution in [-0.4, -0.2) is 36.4 Å². The lowest BCUT2D eigenvalue weighted by molar-refractivity contribution is 0.595. The third-order valence-corrected chi connectivity index (χ3v) is 5.20. The molecule has 1 aromatic carbocycles. The van der Waals surface area contributed by atoms with E-state index in [1.165, 1.54) is 0 Å². The number of fused-ring (bicyclic) bond motifs is 1. The third-order valence-electron chi connectivity index (χ3n) is 3.36. The minimum Gasteiger partial charge on any atom is -0.354 e. The summed E-state index contributed by atoms with van der Waals surface area (Å²) in [5.74, 6) is 1.30. The molecule has 0 radical (unpaired) electrons. The van der Waals surface area contributed by atoms with Gasteiger partial charge in [0.05, 0.1) is 17.0 Å². The summed E-state index contributed by atoms with van der Waals surface area (Å²) in [7, 11) is -2.82. The maximum absolute atomic E-state index is 11.4. The van der Waals surface area contributed by atoms with Gasteiger partial charge < -0.3 is 5.32 Å². The second kappa shape index (κ2) is 4.77. The molecular formula is C13H15N3O2S. The van der Waals surface area contributed by atoms with Crippen LogP contribution in [0.2, 0.25) is 0 Å². The Morgan fingerprint density at radius 1 is 1.32 bits per heavy atom. The predicted octanol–water partition coefficient (Wildman–Crippen LogP) is 1.48. The molecule has 1 aromatic heterocycles. The minimum atomic E-state index is -2.82. The quantitative estimate of drug-likeness (QED) is 0.920. The van der Waals surface area contributed by atoms with Gasteiger partial charge in [0.25, 0.3) is 0 Å². The molecule has 1 atom stereocenters. The van der Waals surface area contributed by atoms with E-state index in [1.807, 2.05) is 24.3 Å². The molecule has 0 saturated carbocycles. The highest BCUT2D eigenvalue weighted by Crippen LogP contribution is 2.19. The summed E-state index contributed by atoms with van der Waals surface area (Å²) in [4.78, 5) is 8.63. The van der Waals surface area contributed by atoms with Crippen molar-refractivity contribution in [2.45, 2.75) is 6.42 Å². The van der Waals surface area contributed by atoms with Crippen LogP contribution in [0.5, 0.6) is 0 Å². The summed E-state index contributed by atoms with van der Waals surface area (Å²) >= 11 is 0. The molecule has 1 N–H and O–H groups in total. The highest BCUT2D eigenvalue weighted by Gasteiger charge is 2.27. The molecule has 1 aliphatic heterocycles. The molecule has 0 bridgehead atoms. The molecule has 5 nitrogen and oxygen atoms in total. The summed E-state index contributed by atoms with van der Waals surface area (Å²) in [6, 6.07) is 7.77. The second-order valence-corrected chi connectivity index (χ2v) is 7.13. The number of para-hydroxylation sites is 1. The molecule has 1 unspecified atom stereocenters. The van der Waals surface area contributed by atoms with E-state index >= 15 is 0 Å². The number of hydrogen-bond acceptors (Lipinski definition) is 5. The molecule has 0 amide bonds. The first-order chi connectivity index (χ1) is 9.12. The van der Waals surface area contributed by atoms with Gasteiger partial charge in [-0.3, -0.25) is 0 Å². The lowest BCUT2D eigenvalue weighted by atomic mass is 10.1. The fourth-order valence-corrected chi connectivity index (χ4v) is 4.19. The summed E-state index contributed by atoms with van der Waals surface area (Å²) < 4.78 is 22.7. The van der Waals surface area contributed by atoms with Gasteiger partial charge in [0.15, 0.2) is 9.84 Å². The van der Waals surface area contributed by atoms with Crippen LogP contribution in [0.25, 0.3) is 10.9 Å². The Bertz CT molecular complexity index is 700. The molecular weight excluding hydrogens is 262 g/mol. The lowest BCUT2D eigenvalue weighted by Crippen LogP contribution is -2.16. The first-order valence-electron chi connectivity index (χ1n) is 6.28. The SMILES string of the molecule is O=S1(=O)CCC(CNc2ncc3ccccc3n2)C1. The summed E-state index contributed by atoms with van der Waals surface area (Å²) in [5, 5.41) is 4.13. The monoisotopic (exact) mass is 277 g/mol. The van der Waals surface area contributed by atoms with Gasteiger partial charge >= 0.3 is 0 Å². The van der Waals surface area contributed by atoms with Crippen LogP contribution < -0.4 is 5.32 Å². The van der Waals surface area contributed by atoms with E-state index in [9.17, 15) is 8.42 Å². The van der Waals surface area contributed by atoms with Crippen molar-refractivity contribution < 1.29 is 8.42 Å². The van der Waals surface area contributed by atoms with Gasteiger partial charge in [-0.15, -0.1) is 0 Å². The number of aromatic nitrogens is 2. The Hall–Kier alpha value is -1.69. The van der Waals surface area contributed by atoms with Crippen molar-refractivity contribution >= 4 is 26.7 Å². The molecule has 1 aliphatic rings. The van der Waals surface area contributed by atoms with E-state index in [-0.39, 0.29) is 11.7 Å². The maximum atomic E-state index is 11.4. The van der Waals surface area contributed by atoms with E-state index in [2.05, 4.69) is 15.3 Å². The zero-order valence-corrected chi connectivity index (χ0v) is 11.2. The van der Waals surface area contributed by atoms with Crippen molar-refractivity contribution in [1.29, 1.82) is 0 Å². The molecule has 1 fully saturated rings. The normalized spacial score (nSPS) is 21.6. The van der Waals surface area contributed by atoms with Crippen molar-refractivity contribution in [2.75, 3.05) is 23.4 Å². The smallest absolute Gasteiger partial charge is 0.223 e. The predicted molar refractivity (Wildman–Crippen MR) is 74.8 cm³/mol. The van der Waals surface area contributed by atoms with E-state index in [1.54, 1.807) is 6.20 Å². The van der Waals surface area contributed by atoms with E-state index in [0.29, 0.717) is 18.2 Å². The second-order valence-electron chi connectivity index (χ2n) is 4.90. The van der Waals surface area contributed by atoms with Crippen molar-refractivity contribution in [2.24, 2.45) is 5.92 Å². The van der Waals surface area contributed by atoms with E-state index in [4.69, 9.17) is 0 Å². The first kappa shape index (κ1) is 12.3. The number of hydrogen-bond donors (Lipinski definition) is 1. The number of anilines is 1. The molecule has 6 heteroatoms. The molecule has 2 aromatic rings. The van der Waals surface area contributed by atoms with Crippen LogP contribution >= 0.6 is 0 Å². The number of benzene rings is 1. The molecule has 100 valence electrons. The van der Waals surface area contributed by atoms with Gasteiger partial charge in [0.1, 0.15) is 0 Å². The van der Waals surface area contributed by atoms with Gasteiger partial charge in [-0.2, -0.15) is 0 Å². The van der Waals surface area contributed by atoms with Crippen LogP contribution in [0.3, 0.4) is 0 Å². The highest BCUT2D eigenvalue weighted by atomic mass is 32.2. The first-order valence-corrected chi connectivity index (χ1v) is 8.11.